The smallest absolute Gasteiger partial charge is 0.164 e. The molecule has 2 rings (SSSR count). The van der Waals surface area contributed by atoms with Gasteiger partial charge in [0.05, 0.1) is 13.2 Å². The summed E-state index contributed by atoms with van der Waals surface area (Å²) in [6.07, 6.45) is -2.54. The van der Waals surface area contributed by atoms with E-state index in [2.05, 4.69) is 0 Å². The maximum atomic E-state index is 10.3. The first-order chi connectivity index (χ1) is 8.24. The lowest BCUT2D eigenvalue weighted by Crippen LogP contribution is -2.45. The predicted molar refractivity (Wildman–Crippen MR) is 61.8 cm³/mol. The molecule has 2 aliphatic heterocycles. The minimum absolute atomic E-state index is 0.206. The van der Waals surface area contributed by atoms with E-state index < -0.39 is 36.0 Å². The van der Waals surface area contributed by atoms with Crippen molar-refractivity contribution in [2.24, 2.45) is 0 Å². The van der Waals surface area contributed by atoms with Crippen LogP contribution in [0.5, 0.6) is 0 Å². The van der Waals surface area contributed by atoms with Crippen molar-refractivity contribution in [3.8, 4) is 0 Å². The van der Waals surface area contributed by atoms with Gasteiger partial charge in [0.15, 0.2) is 11.6 Å². The van der Waals surface area contributed by atoms with Crippen LogP contribution in [0, 0.1) is 0 Å². The minimum atomic E-state index is -0.898. The molecule has 4 atom stereocenters. The van der Waals surface area contributed by atoms with Crippen LogP contribution in [-0.2, 0) is 18.9 Å². The molecule has 0 aromatic heterocycles. The zero-order valence-electron chi connectivity index (χ0n) is 11.3. The highest BCUT2D eigenvalue weighted by Gasteiger charge is 2.49. The van der Waals surface area contributed by atoms with Gasteiger partial charge in [0.1, 0.15) is 24.4 Å². The normalized spacial score (nSPS) is 40.0. The molecule has 6 nitrogen and oxygen atoms in total. The Hall–Kier alpha value is -0.240. The lowest BCUT2D eigenvalue weighted by atomic mass is 10.0. The molecule has 0 bridgehead atoms. The van der Waals surface area contributed by atoms with Gasteiger partial charge in [-0.05, 0) is 27.7 Å². The van der Waals surface area contributed by atoms with Gasteiger partial charge in [-0.1, -0.05) is 0 Å². The molecule has 2 fully saturated rings. The molecular formula is C12H22O6. The van der Waals surface area contributed by atoms with Gasteiger partial charge in [0, 0.05) is 0 Å². The molecule has 2 N–H and O–H groups in total. The molecule has 6 heteroatoms. The van der Waals surface area contributed by atoms with Gasteiger partial charge in [-0.3, -0.25) is 0 Å². The Kier molecular flexibility index (Phi) is 3.70. The highest BCUT2D eigenvalue weighted by Crippen LogP contribution is 2.33. The standard InChI is InChI=1S/C12H22O6/c1-11(2)15-6-8(17-11)9(14)10-7(5-13)16-12(3,4)18-10/h7-10,13-14H,5-6H2,1-4H3/t7-,8-,9-,10-/m0/s1. The Balaban J connectivity index is 2.02. The molecular weight excluding hydrogens is 240 g/mol. The van der Waals surface area contributed by atoms with Crippen LogP contribution in [0.1, 0.15) is 27.7 Å². The molecule has 0 saturated carbocycles. The van der Waals surface area contributed by atoms with Crippen molar-refractivity contribution in [1.29, 1.82) is 0 Å². The summed E-state index contributed by atoms with van der Waals surface area (Å²) >= 11 is 0. The highest BCUT2D eigenvalue weighted by molar-refractivity contribution is 4.91. The second-order valence-corrected chi connectivity index (χ2v) is 5.68. The summed E-state index contributed by atoms with van der Waals surface area (Å²) in [5.41, 5.74) is 0. The van der Waals surface area contributed by atoms with Crippen LogP contribution in [0.25, 0.3) is 0 Å². The molecule has 18 heavy (non-hydrogen) atoms. The van der Waals surface area contributed by atoms with Crippen molar-refractivity contribution in [1.82, 2.24) is 0 Å². The van der Waals surface area contributed by atoms with Gasteiger partial charge in [0.25, 0.3) is 0 Å². The summed E-state index contributed by atoms with van der Waals surface area (Å²) in [7, 11) is 0. The first kappa shape index (κ1) is 14.2. The van der Waals surface area contributed by atoms with Gasteiger partial charge in [-0.15, -0.1) is 0 Å². The average molecular weight is 262 g/mol. The maximum absolute atomic E-state index is 10.3. The fourth-order valence-electron chi connectivity index (χ4n) is 2.39. The molecule has 2 heterocycles. The fourth-order valence-corrected chi connectivity index (χ4v) is 2.39. The Morgan fingerprint density at radius 1 is 1.11 bits per heavy atom. The van der Waals surface area contributed by atoms with Gasteiger partial charge in [-0.25, -0.2) is 0 Å². The van der Waals surface area contributed by atoms with Crippen LogP contribution < -0.4 is 0 Å². The largest absolute Gasteiger partial charge is 0.394 e. The van der Waals surface area contributed by atoms with Crippen molar-refractivity contribution >= 4 is 0 Å². The lowest BCUT2D eigenvalue weighted by Gasteiger charge is -2.26. The molecule has 0 unspecified atom stereocenters. The third-order valence-corrected chi connectivity index (χ3v) is 3.15. The van der Waals surface area contributed by atoms with Crippen molar-refractivity contribution in [3.63, 3.8) is 0 Å². The second kappa shape index (κ2) is 4.70. The van der Waals surface area contributed by atoms with E-state index in [0.29, 0.717) is 6.61 Å². The molecule has 106 valence electrons. The van der Waals surface area contributed by atoms with E-state index in [-0.39, 0.29) is 6.61 Å². The first-order valence-corrected chi connectivity index (χ1v) is 6.20. The van der Waals surface area contributed by atoms with Crippen LogP contribution in [-0.4, -0.2) is 59.4 Å². The van der Waals surface area contributed by atoms with Crippen molar-refractivity contribution in [2.45, 2.75) is 63.7 Å². The second-order valence-electron chi connectivity index (χ2n) is 5.68. The molecule has 0 aromatic carbocycles. The molecule has 0 aromatic rings. The Labute approximate surface area is 107 Å². The molecule has 0 aliphatic carbocycles. The average Bonchev–Trinajstić information content (AvgIpc) is 2.77. The van der Waals surface area contributed by atoms with Crippen LogP contribution >= 0.6 is 0 Å². The number of aliphatic hydroxyl groups excluding tert-OH is 2. The summed E-state index contributed by atoms with van der Waals surface area (Å²) < 4.78 is 22.1. The highest BCUT2D eigenvalue weighted by atomic mass is 16.8. The maximum Gasteiger partial charge on any atom is 0.164 e. The summed E-state index contributed by atoms with van der Waals surface area (Å²) in [6, 6.07) is 0. The van der Waals surface area contributed by atoms with E-state index in [1.165, 1.54) is 0 Å². The lowest BCUT2D eigenvalue weighted by molar-refractivity contribution is -0.178. The minimum Gasteiger partial charge on any atom is -0.394 e. The SMILES string of the molecule is CC1(C)OC[C@@H]([C@H](O)[C@H]2OC(C)(C)O[C@H]2CO)O1. The number of aliphatic hydroxyl groups is 2. The zero-order valence-corrected chi connectivity index (χ0v) is 11.3. The van der Waals surface area contributed by atoms with Crippen LogP contribution in [0.3, 0.4) is 0 Å². The van der Waals surface area contributed by atoms with Crippen molar-refractivity contribution in [2.75, 3.05) is 13.2 Å². The molecule has 2 saturated heterocycles. The fraction of sp³-hybridized carbons (Fsp3) is 1.00. The monoisotopic (exact) mass is 262 g/mol. The summed E-state index contributed by atoms with van der Waals surface area (Å²) in [4.78, 5) is 0. The molecule has 0 amide bonds. The summed E-state index contributed by atoms with van der Waals surface area (Å²) in [6.45, 7) is 7.17. The predicted octanol–water partition coefficient (Wildman–Crippen LogP) is 0.0112. The Morgan fingerprint density at radius 3 is 2.28 bits per heavy atom. The van der Waals surface area contributed by atoms with Crippen molar-refractivity contribution in [3.05, 3.63) is 0 Å². The Bertz CT molecular complexity index is 303. The van der Waals surface area contributed by atoms with Gasteiger partial charge in [-0.2, -0.15) is 0 Å². The van der Waals surface area contributed by atoms with Gasteiger partial charge in [0.2, 0.25) is 0 Å². The number of ether oxygens (including phenoxy) is 4. The van der Waals surface area contributed by atoms with Crippen LogP contribution in [0.15, 0.2) is 0 Å². The van der Waals surface area contributed by atoms with E-state index in [1.807, 2.05) is 0 Å². The van der Waals surface area contributed by atoms with E-state index in [0.717, 1.165) is 0 Å². The summed E-state index contributed by atoms with van der Waals surface area (Å²) in [5.74, 6) is -1.51. The van der Waals surface area contributed by atoms with Gasteiger partial charge >= 0.3 is 0 Å². The number of hydrogen-bond acceptors (Lipinski definition) is 6. The third-order valence-electron chi connectivity index (χ3n) is 3.15. The quantitative estimate of drug-likeness (QED) is 0.746. The first-order valence-electron chi connectivity index (χ1n) is 6.20. The molecule has 2 aliphatic rings. The third kappa shape index (κ3) is 2.84. The number of hydrogen-bond donors (Lipinski definition) is 2. The van der Waals surface area contributed by atoms with E-state index in [4.69, 9.17) is 18.9 Å². The van der Waals surface area contributed by atoms with E-state index in [1.54, 1.807) is 27.7 Å². The Morgan fingerprint density at radius 2 is 1.78 bits per heavy atom. The van der Waals surface area contributed by atoms with Gasteiger partial charge < -0.3 is 29.2 Å². The topological polar surface area (TPSA) is 77.4 Å². The molecule has 0 spiro atoms. The van der Waals surface area contributed by atoms with Crippen LogP contribution in [0.2, 0.25) is 0 Å². The zero-order chi connectivity index (χ0) is 13.6. The number of rotatable bonds is 3. The summed E-state index contributed by atoms with van der Waals surface area (Å²) in [5, 5.41) is 19.6. The van der Waals surface area contributed by atoms with E-state index in [9.17, 15) is 10.2 Å². The van der Waals surface area contributed by atoms with Crippen molar-refractivity contribution < 1.29 is 29.2 Å². The van der Waals surface area contributed by atoms with E-state index >= 15 is 0 Å². The van der Waals surface area contributed by atoms with Crippen LogP contribution in [0.4, 0.5) is 0 Å². The molecule has 0 radical (unpaired) electrons.